The van der Waals surface area contributed by atoms with Gasteiger partial charge in [0.15, 0.2) is 0 Å². The van der Waals surface area contributed by atoms with E-state index in [0.717, 1.165) is 18.4 Å². The summed E-state index contributed by atoms with van der Waals surface area (Å²) in [6.45, 7) is 6.54. The molecule has 2 amide bonds. The van der Waals surface area contributed by atoms with Gasteiger partial charge in [-0.15, -0.1) is 0 Å². The average Bonchev–Trinajstić information content (AvgIpc) is 3.17. The van der Waals surface area contributed by atoms with E-state index in [1.807, 2.05) is 31.2 Å². The number of carbonyl (C=O) groups is 2. The van der Waals surface area contributed by atoms with Crippen LogP contribution in [0.2, 0.25) is 0 Å². The Morgan fingerprint density at radius 1 is 1.46 bits per heavy atom. The van der Waals surface area contributed by atoms with Crippen molar-refractivity contribution in [2.75, 3.05) is 18.4 Å². The van der Waals surface area contributed by atoms with Crippen molar-refractivity contribution < 1.29 is 14.1 Å². The van der Waals surface area contributed by atoms with Gasteiger partial charge in [0.2, 0.25) is 23.5 Å². The molecule has 0 bridgehead atoms. The highest BCUT2D eigenvalue weighted by Gasteiger charge is 2.27. The predicted molar refractivity (Wildman–Crippen MR) is 97.2 cm³/mol. The van der Waals surface area contributed by atoms with Crippen molar-refractivity contribution in [1.82, 2.24) is 15.0 Å². The number of aryl methyl sites for hydroxylation is 1. The van der Waals surface area contributed by atoms with Crippen LogP contribution in [-0.2, 0) is 16.0 Å². The van der Waals surface area contributed by atoms with Crippen molar-refractivity contribution >= 4 is 17.5 Å². The van der Waals surface area contributed by atoms with Crippen LogP contribution in [0.25, 0.3) is 11.4 Å². The number of likely N-dealkylation sites (tertiary alicyclic amines) is 1. The highest BCUT2D eigenvalue weighted by molar-refractivity contribution is 5.94. The van der Waals surface area contributed by atoms with Gasteiger partial charge in [0, 0.05) is 30.8 Å². The first-order chi connectivity index (χ1) is 12.6. The molecule has 3 rings (SSSR count). The van der Waals surface area contributed by atoms with Crippen molar-refractivity contribution in [3.63, 3.8) is 0 Å². The highest BCUT2D eigenvalue weighted by Crippen LogP contribution is 2.23. The maximum atomic E-state index is 12.6. The molecule has 1 unspecified atom stereocenters. The van der Waals surface area contributed by atoms with Crippen molar-refractivity contribution in [3.05, 3.63) is 42.8 Å². The van der Waals surface area contributed by atoms with Crippen molar-refractivity contribution in [2.24, 2.45) is 5.92 Å². The summed E-state index contributed by atoms with van der Waals surface area (Å²) >= 11 is 0. The normalized spacial score (nSPS) is 17.0. The quantitative estimate of drug-likeness (QED) is 0.834. The number of anilines is 1. The Bertz CT molecular complexity index is 815. The number of benzene rings is 1. The highest BCUT2D eigenvalue weighted by atomic mass is 16.5. The second-order valence-electron chi connectivity index (χ2n) is 6.26. The minimum atomic E-state index is -0.229. The zero-order valence-corrected chi connectivity index (χ0v) is 14.8. The van der Waals surface area contributed by atoms with Gasteiger partial charge in [-0.3, -0.25) is 9.59 Å². The smallest absolute Gasteiger partial charge is 0.245 e. The number of piperidine rings is 1. The molecule has 1 saturated heterocycles. The van der Waals surface area contributed by atoms with Crippen LogP contribution < -0.4 is 5.32 Å². The van der Waals surface area contributed by atoms with E-state index in [9.17, 15) is 9.59 Å². The molecule has 136 valence electrons. The molecule has 1 aromatic carbocycles. The minimum absolute atomic E-state index is 0.0916. The molecule has 7 nitrogen and oxygen atoms in total. The van der Waals surface area contributed by atoms with E-state index in [-0.39, 0.29) is 17.7 Å². The van der Waals surface area contributed by atoms with Crippen LogP contribution in [0.3, 0.4) is 0 Å². The second-order valence-corrected chi connectivity index (χ2v) is 6.26. The van der Waals surface area contributed by atoms with E-state index in [1.54, 1.807) is 4.90 Å². The van der Waals surface area contributed by atoms with Gasteiger partial charge in [-0.25, -0.2) is 0 Å². The van der Waals surface area contributed by atoms with Crippen LogP contribution in [0.4, 0.5) is 5.69 Å². The summed E-state index contributed by atoms with van der Waals surface area (Å²) in [4.78, 5) is 30.3. The monoisotopic (exact) mass is 354 g/mol. The first-order valence-electron chi connectivity index (χ1n) is 8.76. The fourth-order valence-electron chi connectivity index (χ4n) is 3.02. The largest absolute Gasteiger partial charge is 0.339 e. The Kier molecular flexibility index (Phi) is 5.46. The number of amides is 2. The van der Waals surface area contributed by atoms with Gasteiger partial charge in [-0.1, -0.05) is 30.8 Å². The third-order valence-electron chi connectivity index (χ3n) is 4.44. The lowest BCUT2D eigenvalue weighted by atomic mass is 9.97. The summed E-state index contributed by atoms with van der Waals surface area (Å²) in [5, 5.41) is 6.88. The van der Waals surface area contributed by atoms with Crippen LogP contribution in [0.1, 0.15) is 25.7 Å². The molecule has 1 aromatic heterocycles. The molecule has 1 fully saturated rings. The third kappa shape index (κ3) is 3.99. The Morgan fingerprint density at radius 3 is 3.04 bits per heavy atom. The van der Waals surface area contributed by atoms with E-state index in [1.165, 1.54) is 6.08 Å². The Hall–Kier alpha value is -2.96. The summed E-state index contributed by atoms with van der Waals surface area (Å²) in [6, 6.07) is 7.34. The molecule has 1 atom stereocenters. The Labute approximate surface area is 152 Å². The second kappa shape index (κ2) is 7.95. The number of hydrogen-bond acceptors (Lipinski definition) is 5. The third-order valence-corrected chi connectivity index (χ3v) is 4.44. The first-order valence-corrected chi connectivity index (χ1v) is 8.76. The molecule has 0 saturated carbocycles. The van der Waals surface area contributed by atoms with E-state index in [4.69, 9.17) is 4.52 Å². The molecule has 7 heteroatoms. The lowest BCUT2D eigenvalue weighted by Crippen LogP contribution is -2.43. The fraction of sp³-hybridized carbons (Fsp3) is 0.368. The van der Waals surface area contributed by atoms with Gasteiger partial charge in [0.05, 0.1) is 5.92 Å². The van der Waals surface area contributed by atoms with Gasteiger partial charge in [0.25, 0.3) is 0 Å². The van der Waals surface area contributed by atoms with E-state index in [0.29, 0.717) is 36.9 Å². The van der Waals surface area contributed by atoms with Crippen LogP contribution in [0.15, 0.2) is 41.4 Å². The van der Waals surface area contributed by atoms with E-state index < -0.39 is 0 Å². The first kappa shape index (κ1) is 17.8. The predicted octanol–water partition coefficient (Wildman–Crippen LogP) is 2.66. The number of hydrogen-bond donors (Lipinski definition) is 1. The van der Waals surface area contributed by atoms with Gasteiger partial charge >= 0.3 is 0 Å². The van der Waals surface area contributed by atoms with Gasteiger partial charge in [-0.05, 0) is 31.1 Å². The summed E-state index contributed by atoms with van der Waals surface area (Å²) in [7, 11) is 0. The number of nitrogens with one attached hydrogen (secondary N) is 1. The average molecular weight is 354 g/mol. The summed E-state index contributed by atoms with van der Waals surface area (Å²) in [5.74, 6) is 0.620. The zero-order chi connectivity index (χ0) is 18.5. The number of aromatic nitrogens is 2. The van der Waals surface area contributed by atoms with Crippen LogP contribution >= 0.6 is 0 Å². The lowest BCUT2D eigenvalue weighted by molar-refractivity contribution is -0.130. The minimum Gasteiger partial charge on any atom is -0.339 e. The van der Waals surface area contributed by atoms with Gasteiger partial charge < -0.3 is 14.7 Å². The molecular formula is C19H22N4O3. The maximum absolute atomic E-state index is 12.6. The summed E-state index contributed by atoms with van der Waals surface area (Å²) in [6.07, 6.45) is 3.53. The molecule has 1 aliphatic heterocycles. The number of carbonyl (C=O) groups excluding carboxylic acids is 2. The zero-order valence-electron chi connectivity index (χ0n) is 14.8. The fourth-order valence-corrected chi connectivity index (χ4v) is 3.02. The molecule has 1 aliphatic rings. The van der Waals surface area contributed by atoms with E-state index >= 15 is 0 Å². The van der Waals surface area contributed by atoms with Crippen LogP contribution in [0, 0.1) is 5.92 Å². The van der Waals surface area contributed by atoms with Crippen molar-refractivity contribution in [2.45, 2.75) is 26.2 Å². The molecule has 1 N–H and O–H groups in total. The molecule has 26 heavy (non-hydrogen) atoms. The molecule has 0 spiro atoms. The Balaban J connectivity index is 1.68. The summed E-state index contributed by atoms with van der Waals surface area (Å²) < 4.78 is 5.14. The number of rotatable bonds is 5. The molecule has 2 aromatic rings. The molecular weight excluding hydrogens is 332 g/mol. The number of nitrogens with zero attached hydrogens (tertiary/aromatic N) is 3. The van der Waals surface area contributed by atoms with Crippen molar-refractivity contribution in [1.29, 1.82) is 0 Å². The topological polar surface area (TPSA) is 88.3 Å². The van der Waals surface area contributed by atoms with Gasteiger partial charge in [0.1, 0.15) is 0 Å². The van der Waals surface area contributed by atoms with Gasteiger partial charge in [-0.2, -0.15) is 4.98 Å². The van der Waals surface area contributed by atoms with Crippen LogP contribution in [0.5, 0.6) is 0 Å². The van der Waals surface area contributed by atoms with Crippen molar-refractivity contribution in [3.8, 4) is 11.4 Å². The summed E-state index contributed by atoms with van der Waals surface area (Å²) in [5.41, 5.74) is 1.45. The van der Waals surface area contributed by atoms with Crippen LogP contribution in [-0.4, -0.2) is 39.9 Å². The lowest BCUT2D eigenvalue weighted by Gasteiger charge is -2.31. The maximum Gasteiger partial charge on any atom is 0.245 e. The molecule has 0 radical (unpaired) electrons. The Morgan fingerprint density at radius 2 is 2.31 bits per heavy atom. The van der Waals surface area contributed by atoms with E-state index in [2.05, 4.69) is 22.0 Å². The standard InChI is InChI=1S/C19H22N4O3/c1-3-16-21-18(22-26-16)13-7-5-9-15(11-13)20-19(25)14-8-6-10-23(12-14)17(24)4-2/h4-5,7,9,11,14H,2-3,6,8,10,12H2,1H3,(H,20,25). The SMILES string of the molecule is C=CC(=O)N1CCCC(C(=O)Nc2cccc(-c3noc(CC)n3)c2)C1. The molecule has 0 aliphatic carbocycles. The molecule has 2 heterocycles.